The van der Waals surface area contributed by atoms with E-state index in [4.69, 9.17) is 19.6 Å². The Morgan fingerprint density at radius 2 is 1.78 bits per heavy atom. The molecule has 1 aliphatic heterocycles. The van der Waals surface area contributed by atoms with Crippen molar-refractivity contribution >= 4 is 63.2 Å². The highest BCUT2D eigenvalue weighted by Crippen LogP contribution is 2.41. The van der Waals surface area contributed by atoms with Gasteiger partial charge in [-0.2, -0.15) is 0 Å². The van der Waals surface area contributed by atoms with Gasteiger partial charge in [0.25, 0.3) is 5.91 Å². The van der Waals surface area contributed by atoms with Gasteiger partial charge in [0.2, 0.25) is 0 Å². The number of halogens is 1. The van der Waals surface area contributed by atoms with E-state index in [0.717, 1.165) is 16.8 Å². The summed E-state index contributed by atoms with van der Waals surface area (Å²) in [5.41, 5.74) is 2.50. The maximum atomic E-state index is 13.7. The van der Waals surface area contributed by atoms with Crippen LogP contribution in [-0.4, -0.2) is 40.3 Å². The van der Waals surface area contributed by atoms with Crippen molar-refractivity contribution in [2.75, 3.05) is 13.2 Å². The van der Waals surface area contributed by atoms with E-state index in [1.807, 2.05) is 80.6 Å². The minimum Gasteiger partial charge on any atom is -0.490 e. The Labute approximate surface area is 233 Å². The van der Waals surface area contributed by atoms with Crippen LogP contribution in [0.5, 0.6) is 11.5 Å². The number of hydrogen-bond donors (Lipinski definition) is 1. The number of carbonyl (C=O) groups is 2. The van der Waals surface area contributed by atoms with Gasteiger partial charge in [-0.25, -0.2) is 9.79 Å². The summed E-state index contributed by atoms with van der Waals surface area (Å²) in [4.78, 5) is 31.7. The van der Waals surface area contributed by atoms with Gasteiger partial charge in [-0.05, 0) is 89.7 Å². The fourth-order valence-corrected chi connectivity index (χ4v) is 5.61. The zero-order valence-corrected chi connectivity index (χ0v) is 23.2. The van der Waals surface area contributed by atoms with Gasteiger partial charge in [-0.1, -0.05) is 48.5 Å². The highest BCUT2D eigenvalue weighted by Gasteiger charge is 2.37. The molecule has 1 atom stereocenters. The Balaban J connectivity index is 1.73. The van der Waals surface area contributed by atoms with E-state index in [1.165, 1.54) is 11.8 Å². The smallest absolute Gasteiger partial charge is 0.341 e. The Bertz CT molecular complexity index is 1350. The van der Waals surface area contributed by atoms with Crippen LogP contribution in [0, 0.1) is 3.57 Å². The van der Waals surface area contributed by atoms with Crippen molar-refractivity contribution < 1.29 is 24.2 Å². The molecular weight excluding hydrogens is 603 g/mol. The Kier molecular flexibility index (Phi) is 8.88. The Hall–Kier alpha value is -3.31. The quantitative estimate of drug-likeness (QED) is 0.215. The fraction of sp³-hybridized carbons (Fsp3) is 0.179. The number of carboxylic acid groups (broad SMARTS) is 1. The zero-order valence-electron chi connectivity index (χ0n) is 20.3. The largest absolute Gasteiger partial charge is 0.490 e. The van der Waals surface area contributed by atoms with Gasteiger partial charge >= 0.3 is 5.97 Å². The molecule has 1 amide bonds. The third-order valence-corrected chi connectivity index (χ3v) is 7.24. The van der Waals surface area contributed by atoms with Crippen molar-refractivity contribution in [3.8, 4) is 11.5 Å². The summed E-state index contributed by atoms with van der Waals surface area (Å²) in [7, 11) is 0. The molecule has 0 radical (unpaired) electrons. The van der Waals surface area contributed by atoms with E-state index in [9.17, 15) is 9.59 Å². The van der Waals surface area contributed by atoms with E-state index in [1.54, 1.807) is 17.0 Å². The van der Waals surface area contributed by atoms with Gasteiger partial charge in [0.05, 0.1) is 26.8 Å². The summed E-state index contributed by atoms with van der Waals surface area (Å²) in [5, 5.41) is 9.61. The lowest BCUT2D eigenvalue weighted by Gasteiger charge is -2.24. The van der Waals surface area contributed by atoms with Crippen molar-refractivity contribution in [3.63, 3.8) is 0 Å². The molecule has 0 spiro atoms. The molecule has 9 heteroatoms. The molecule has 7 nitrogen and oxygen atoms in total. The Morgan fingerprint density at radius 3 is 2.43 bits per heavy atom. The highest BCUT2D eigenvalue weighted by atomic mass is 127. The summed E-state index contributed by atoms with van der Waals surface area (Å²) in [6.45, 7) is 3.73. The predicted octanol–water partition coefficient (Wildman–Crippen LogP) is 6.52. The van der Waals surface area contributed by atoms with E-state index >= 15 is 0 Å². The minimum absolute atomic E-state index is 0.143. The molecule has 37 heavy (non-hydrogen) atoms. The average molecular weight is 628 g/mol. The molecule has 0 unspecified atom stereocenters. The van der Waals surface area contributed by atoms with Gasteiger partial charge in [0, 0.05) is 0 Å². The summed E-state index contributed by atoms with van der Waals surface area (Å²) in [6.07, 6.45) is 1.80. The number of nitrogens with zero attached hydrogens (tertiary/aromatic N) is 2. The summed E-state index contributed by atoms with van der Waals surface area (Å²) in [6, 6.07) is 22.8. The van der Waals surface area contributed by atoms with Gasteiger partial charge in [-0.15, -0.1) is 0 Å². The predicted molar refractivity (Wildman–Crippen MR) is 154 cm³/mol. The van der Waals surface area contributed by atoms with E-state index in [-0.39, 0.29) is 11.9 Å². The van der Waals surface area contributed by atoms with E-state index < -0.39 is 12.6 Å². The number of thioether (sulfide) groups is 1. The first-order valence-electron chi connectivity index (χ1n) is 11.6. The second kappa shape index (κ2) is 12.3. The second-order valence-electron chi connectivity index (χ2n) is 8.05. The normalized spacial score (nSPS) is 16.3. The van der Waals surface area contributed by atoms with Gasteiger partial charge in [-0.3, -0.25) is 9.69 Å². The van der Waals surface area contributed by atoms with E-state index in [0.29, 0.717) is 31.7 Å². The molecule has 3 aromatic rings. The molecule has 4 rings (SSSR count). The molecular formula is C28H25IN2O5S. The fourth-order valence-electron chi connectivity index (χ4n) is 3.76. The number of aliphatic carboxylic acids is 1. The standard InChI is InChI=1S/C28H25IN2O5S/c1-3-35-23-15-19(14-22(29)26(23)36-17-25(32)33)16-24-27(34)31(18(2)20-10-6-4-7-11-20)28(37-24)30-21-12-8-5-9-13-21/h4-16,18H,3,17H2,1-2H3,(H,32,33)/b24-16+,30-28?/t18-/m1/s1. The first-order valence-corrected chi connectivity index (χ1v) is 13.5. The maximum absolute atomic E-state index is 13.7. The molecule has 0 aromatic heterocycles. The van der Waals surface area contributed by atoms with Crippen molar-refractivity contribution in [2.24, 2.45) is 4.99 Å². The molecule has 1 aliphatic rings. The van der Waals surface area contributed by atoms with Gasteiger partial charge in [0.15, 0.2) is 23.3 Å². The third-order valence-electron chi connectivity index (χ3n) is 5.46. The molecule has 0 saturated carbocycles. The number of rotatable bonds is 9. The number of amidine groups is 1. The highest BCUT2D eigenvalue weighted by molar-refractivity contribution is 14.1. The topological polar surface area (TPSA) is 88.4 Å². The van der Waals surface area contributed by atoms with Gasteiger partial charge in [0.1, 0.15) is 0 Å². The number of para-hydroxylation sites is 1. The first kappa shape index (κ1) is 26.7. The third kappa shape index (κ3) is 6.53. The van der Waals surface area contributed by atoms with Crippen LogP contribution in [0.1, 0.15) is 31.0 Å². The number of hydrogen-bond acceptors (Lipinski definition) is 6. The molecule has 0 aliphatic carbocycles. The minimum atomic E-state index is -1.07. The molecule has 190 valence electrons. The first-order chi connectivity index (χ1) is 17.9. The maximum Gasteiger partial charge on any atom is 0.341 e. The van der Waals surface area contributed by atoms with Crippen LogP contribution < -0.4 is 9.47 Å². The van der Waals surface area contributed by atoms with E-state index in [2.05, 4.69) is 22.6 Å². The molecule has 0 bridgehead atoms. The van der Waals surface area contributed by atoms with Crippen molar-refractivity contribution in [1.82, 2.24) is 4.90 Å². The van der Waals surface area contributed by atoms with Crippen molar-refractivity contribution in [3.05, 3.63) is 92.4 Å². The molecule has 1 heterocycles. The molecule has 1 saturated heterocycles. The molecule has 3 aromatic carbocycles. The lowest BCUT2D eigenvalue weighted by atomic mass is 10.1. The number of amides is 1. The second-order valence-corrected chi connectivity index (χ2v) is 10.2. The van der Waals surface area contributed by atoms with Crippen molar-refractivity contribution in [2.45, 2.75) is 19.9 Å². The van der Waals surface area contributed by atoms with Crippen LogP contribution in [0.25, 0.3) is 6.08 Å². The SMILES string of the molecule is CCOc1cc(/C=C2/SC(=Nc3ccccc3)N([C@H](C)c3ccccc3)C2=O)cc(I)c1OCC(=O)O. The molecule has 1 N–H and O–H groups in total. The lowest BCUT2D eigenvalue weighted by molar-refractivity contribution is -0.139. The zero-order chi connectivity index (χ0) is 26.4. The average Bonchev–Trinajstić information content (AvgIpc) is 3.18. The number of aliphatic imine (C=N–C) groups is 1. The lowest BCUT2D eigenvalue weighted by Crippen LogP contribution is -2.32. The Morgan fingerprint density at radius 1 is 1.11 bits per heavy atom. The molecule has 1 fully saturated rings. The monoisotopic (exact) mass is 628 g/mol. The van der Waals surface area contributed by atoms with Crippen LogP contribution in [0.3, 0.4) is 0 Å². The number of ether oxygens (including phenoxy) is 2. The van der Waals surface area contributed by atoms with Crippen LogP contribution in [0.2, 0.25) is 0 Å². The van der Waals surface area contributed by atoms with Gasteiger partial charge < -0.3 is 14.6 Å². The number of carboxylic acids is 1. The van der Waals surface area contributed by atoms with Crippen LogP contribution >= 0.6 is 34.4 Å². The number of benzene rings is 3. The van der Waals surface area contributed by atoms with Crippen molar-refractivity contribution in [1.29, 1.82) is 0 Å². The summed E-state index contributed by atoms with van der Waals surface area (Å²) < 4.78 is 11.9. The van der Waals surface area contributed by atoms with Crippen LogP contribution in [0.4, 0.5) is 5.69 Å². The number of carbonyl (C=O) groups excluding carboxylic acids is 1. The summed E-state index contributed by atoms with van der Waals surface area (Å²) in [5.74, 6) is -0.431. The summed E-state index contributed by atoms with van der Waals surface area (Å²) >= 11 is 3.40. The van der Waals surface area contributed by atoms with Crippen LogP contribution in [-0.2, 0) is 9.59 Å². The van der Waals surface area contributed by atoms with Crippen LogP contribution in [0.15, 0.2) is 82.7 Å².